The Morgan fingerprint density at radius 3 is 2.50 bits per heavy atom. The van der Waals surface area contributed by atoms with E-state index in [1.165, 1.54) is 0 Å². The monoisotopic (exact) mass is 375 g/mol. The lowest BCUT2D eigenvalue weighted by Gasteiger charge is -2.26. The maximum Gasteiger partial charge on any atom is 0.251 e. The molecule has 1 fully saturated rings. The minimum atomic E-state index is -0.279. The molecule has 2 atom stereocenters. The van der Waals surface area contributed by atoms with E-state index >= 15 is 0 Å². The Hall–Kier alpha value is -0.390. The van der Waals surface area contributed by atoms with Gasteiger partial charge in [-0.25, -0.2) is 0 Å². The van der Waals surface area contributed by atoms with Gasteiger partial charge in [0.25, 0.3) is 5.91 Å². The smallest absolute Gasteiger partial charge is 0.251 e. The van der Waals surface area contributed by atoms with Gasteiger partial charge in [-0.05, 0) is 43.9 Å². The van der Waals surface area contributed by atoms with Crippen LogP contribution in [0.2, 0.25) is 0 Å². The maximum atomic E-state index is 12.1. The fraction of sp³-hybridized carbons (Fsp3) is 0.462. The van der Waals surface area contributed by atoms with E-state index in [9.17, 15) is 9.90 Å². The molecule has 1 amide bonds. The fourth-order valence-corrected chi connectivity index (χ4v) is 3.54. The largest absolute Gasteiger partial charge is 0.393 e. The zero-order valence-electron chi connectivity index (χ0n) is 9.83. The quantitative estimate of drug-likeness (QED) is 0.832. The highest BCUT2D eigenvalue weighted by Gasteiger charge is 2.22. The predicted octanol–water partition coefficient (Wildman–Crippen LogP) is 3.24. The van der Waals surface area contributed by atoms with E-state index in [1.54, 1.807) is 12.1 Å². The van der Waals surface area contributed by atoms with Crippen LogP contribution in [-0.2, 0) is 0 Å². The molecule has 0 heterocycles. The van der Waals surface area contributed by atoms with Gasteiger partial charge in [0.2, 0.25) is 0 Å². The van der Waals surface area contributed by atoms with Crippen molar-refractivity contribution in [3.8, 4) is 0 Å². The summed E-state index contributed by atoms with van der Waals surface area (Å²) in [7, 11) is 0. The molecule has 0 radical (unpaired) electrons. The van der Waals surface area contributed by atoms with E-state index in [-0.39, 0.29) is 18.1 Å². The van der Waals surface area contributed by atoms with E-state index in [4.69, 9.17) is 0 Å². The van der Waals surface area contributed by atoms with Crippen LogP contribution in [0.15, 0.2) is 27.1 Å². The van der Waals surface area contributed by atoms with Gasteiger partial charge in [0, 0.05) is 20.6 Å². The molecule has 0 aliphatic heterocycles. The Kier molecular flexibility index (Phi) is 4.81. The molecule has 1 saturated carbocycles. The van der Waals surface area contributed by atoms with Crippen LogP contribution in [0.5, 0.6) is 0 Å². The molecular weight excluding hydrogens is 362 g/mol. The van der Waals surface area contributed by atoms with Gasteiger partial charge in [-0.2, -0.15) is 0 Å². The molecule has 0 aromatic heterocycles. The van der Waals surface area contributed by atoms with Crippen molar-refractivity contribution >= 4 is 37.8 Å². The second-order valence-electron chi connectivity index (χ2n) is 4.65. The second-order valence-corrected chi connectivity index (χ2v) is 6.48. The molecular formula is C13H15Br2NO2. The van der Waals surface area contributed by atoms with Gasteiger partial charge in [-0.1, -0.05) is 31.9 Å². The summed E-state index contributed by atoms with van der Waals surface area (Å²) in [5.41, 5.74) is 0.622. The summed E-state index contributed by atoms with van der Waals surface area (Å²) < 4.78 is 1.73. The third-order valence-electron chi connectivity index (χ3n) is 3.11. The van der Waals surface area contributed by atoms with Crippen LogP contribution in [0.1, 0.15) is 36.0 Å². The van der Waals surface area contributed by atoms with Gasteiger partial charge in [0.15, 0.2) is 0 Å². The van der Waals surface area contributed by atoms with Gasteiger partial charge in [-0.15, -0.1) is 0 Å². The summed E-state index contributed by atoms with van der Waals surface area (Å²) in [6, 6.07) is 5.55. The van der Waals surface area contributed by atoms with Crippen LogP contribution in [-0.4, -0.2) is 23.2 Å². The first-order valence-corrected chi connectivity index (χ1v) is 7.58. The van der Waals surface area contributed by atoms with Crippen LogP contribution in [0, 0.1) is 0 Å². The normalized spacial score (nSPS) is 23.7. The van der Waals surface area contributed by atoms with Crippen molar-refractivity contribution < 1.29 is 9.90 Å². The fourth-order valence-electron chi connectivity index (χ4n) is 2.25. The highest BCUT2D eigenvalue weighted by atomic mass is 79.9. The summed E-state index contributed by atoms with van der Waals surface area (Å²) in [5, 5.41) is 12.6. The number of carbonyl (C=O) groups excluding carboxylic acids is 1. The predicted molar refractivity (Wildman–Crippen MR) is 77.6 cm³/mol. The average molecular weight is 377 g/mol. The number of hydrogen-bond donors (Lipinski definition) is 2. The molecule has 0 saturated heterocycles. The lowest BCUT2D eigenvalue weighted by molar-refractivity contribution is 0.0849. The van der Waals surface area contributed by atoms with E-state index in [0.717, 1.165) is 28.2 Å². The molecule has 0 bridgehead atoms. The Morgan fingerprint density at radius 2 is 1.89 bits per heavy atom. The third-order valence-corrected chi connectivity index (χ3v) is 4.02. The van der Waals surface area contributed by atoms with Crippen molar-refractivity contribution in [1.82, 2.24) is 5.32 Å². The molecule has 2 rings (SSSR count). The summed E-state index contributed by atoms with van der Waals surface area (Å²) in [6.45, 7) is 0. The molecule has 3 nitrogen and oxygen atoms in total. The van der Waals surface area contributed by atoms with E-state index in [0.29, 0.717) is 12.0 Å². The number of carbonyl (C=O) groups is 1. The zero-order valence-corrected chi connectivity index (χ0v) is 13.0. The second kappa shape index (κ2) is 6.17. The molecule has 0 unspecified atom stereocenters. The van der Waals surface area contributed by atoms with Crippen molar-refractivity contribution in [2.75, 3.05) is 0 Å². The lowest BCUT2D eigenvalue weighted by atomic mass is 9.93. The molecule has 0 spiro atoms. The molecule has 5 heteroatoms. The average Bonchev–Trinajstić information content (AvgIpc) is 2.27. The van der Waals surface area contributed by atoms with E-state index in [1.807, 2.05) is 6.07 Å². The molecule has 1 aromatic rings. The summed E-state index contributed by atoms with van der Waals surface area (Å²) in [5.74, 6) is -0.0869. The number of amides is 1. The van der Waals surface area contributed by atoms with Crippen LogP contribution in [0.3, 0.4) is 0 Å². The van der Waals surface area contributed by atoms with Crippen LogP contribution in [0.4, 0.5) is 0 Å². The van der Waals surface area contributed by atoms with Crippen molar-refractivity contribution in [3.63, 3.8) is 0 Å². The number of aliphatic hydroxyl groups excluding tert-OH is 1. The highest BCUT2D eigenvalue weighted by molar-refractivity contribution is 9.11. The number of aliphatic hydroxyl groups is 1. The Bertz CT molecular complexity index is 430. The maximum absolute atomic E-state index is 12.1. The molecule has 1 aliphatic carbocycles. The zero-order chi connectivity index (χ0) is 13.1. The number of rotatable bonds is 2. The lowest BCUT2D eigenvalue weighted by Crippen LogP contribution is -2.39. The topological polar surface area (TPSA) is 49.3 Å². The van der Waals surface area contributed by atoms with Gasteiger partial charge in [-0.3, -0.25) is 4.79 Å². The highest BCUT2D eigenvalue weighted by Crippen LogP contribution is 2.22. The van der Waals surface area contributed by atoms with Gasteiger partial charge in [0.05, 0.1) is 6.10 Å². The van der Waals surface area contributed by atoms with Gasteiger partial charge < -0.3 is 10.4 Å². The summed E-state index contributed by atoms with van der Waals surface area (Å²) in [4.78, 5) is 12.1. The minimum absolute atomic E-state index is 0.0824. The first-order chi connectivity index (χ1) is 8.54. The van der Waals surface area contributed by atoms with Crippen LogP contribution < -0.4 is 5.32 Å². The van der Waals surface area contributed by atoms with E-state index in [2.05, 4.69) is 37.2 Å². The van der Waals surface area contributed by atoms with Crippen LogP contribution >= 0.6 is 31.9 Å². The number of hydrogen-bond acceptors (Lipinski definition) is 2. The Morgan fingerprint density at radius 1 is 1.22 bits per heavy atom. The SMILES string of the molecule is O=C(N[C@@H]1CCC[C@H](O)C1)c1cc(Br)cc(Br)c1. The molecule has 1 aromatic carbocycles. The minimum Gasteiger partial charge on any atom is -0.393 e. The first-order valence-electron chi connectivity index (χ1n) is 5.99. The van der Waals surface area contributed by atoms with Crippen molar-refractivity contribution in [3.05, 3.63) is 32.7 Å². The first kappa shape index (κ1) is 14.0. The van der Waals surface area contributed by atoms with Crippen molar-refractivity contribution in [1.29, 1.82) is 0 Å². The number of benzene rings is 1. The van der Waals surface area contributed by atoms with E-state index < -0.39 is 0 Å². The molecule has 2 N–H and O–H groups in total. The molecule has 98 valence electrons. The van der Waals surface area contributed by atoms with Crippen molar-refractivity contribution in [2.45, 2.75) is 37.8 Å². The Balaban J connectivity index is 2.02. The summed E-state index contributed by atoms with van der Waals surface area (Å²) >= 11 is 6.73. The Labute approximate surface area is 123 Å². The van der Waals surface area contributed by atoms with Gasteiger partial charge in [0.1, 0.15) is 0 Å². The standard InChI is InChI=1S/C13H15Br2NO2/c14-9-4-8(5-10(15)6-9)13(18)16-11-2-1-3-12(17)7-11/h4-6,11-12,17H,1-3,7H2,(H,16,18)/t11-,12+/m1/s1. The number of nitrogens with one attached hydrogen (secondary N) is 1. The van der Waals surface area contributed by atoms with Crippen LogP contribution in [0.25, 0.3) is 0 Å². The molecule has 1 aliphatic rings. The summed E-state index contributed by atoms with van der Waals surface area (Å²) in [6.07, 6.45) is 3.13. The van der Waals surface area contributed by atoms with Gasteiger partial charge >= 0.3 is 0 Å². The number of halogens is 2. The van der Waals surface area contributed by atoms with Crippen molar-refractivity contribution in [2.24, 2.45) is 0 Å². The third kappa shape index (κ3) is 3.80. The molecule has 18 heavy (non-hydrogen) atoms.